The Kier molecular flexibility index (Phi) is 12.0. The van der Waals surface area contributed by atoms with E-state index in [2.05, 4.69) is 10.2 Å². The summed E-state index contributed by atoms with van der Waals surface area (Å²) in [6.45, 7) is 5.59. The second kappa shape index (κ2) is 14.9. The van der Waals surface area contributed by atoms with Crippen molar-refractivity contribution in [3.63, 3.8) is 0 Å². The van der Waals surface area contributed by atoms with Crippen molar-refractivity contribution in [3.8, 4) is 0 Å². The van der Waals surface area contributed by atoms with Crippen LogP contribution in [0.1, 0.15) is 103 Å². The molecular formula is C31H53Cl2N3O2. The first kappa shape index (κ1) is 30.4. The van der Waals surface area contributed by atoms with Gasteiger partial charge in [0.1, 0.15) is 0 Å². The highest BCUT2D eigenvalue weighted by molar-refractivity contribution is 6.30. The van der Waals surface area contributed by atoms with E-state index < -0.39 is 0 Å². The summed E-state index contributed by atoms with van der Waals surface area (Å²) >= 11 is 13.2. The Morgan fingerprint density at radius 3 is 2.26 bits per heavy atom. The molecule has 1 heterocycles. The van der Waals surface area contributed by atoms with Crippen molar-refractivity contribution < 1.29 is 9.59 Å². The number of rotatable bonds is 9. The first-order chi connectivity index (χ1) is 18.3. The number of carbonyl (C=O) groups is 2. The van der Waals surface area contributed by atoms with Crippen molar-refractivity contribution in [1.29, 1.82) is 0 Å². The molecule has 4 fully saturated rings. The molecule has 218 valence electrons. The van der Waals surface area contributed by atoms with E-state index in [1.54, 1.807) is 6.92 Å². The fourth-order valence-electron chi connectivity index (χ4n) is 8.25. The number of hydrogen-bond donors (Lipinski definition) is 1. The van der Waals surface area contributed by atoms with E-state index in [1.165, 1.54) is 57.8 Å². The molecule has 4 rings (SSSR count). The lowest BCUT2D eigenvalue weighted by Crippen LogP contribution is -2.54. The Bertz CT molecular complexity index is 755. The second-order valence-electron chi connectivity index (χ2n) is 13.2. The first-order valence-corrected chi connectivity index (χ1v) is 16.7. The molecule has 1 saturated heterocycles. The van der Waals surface area contributed by atoms with E-state index >= 15 is 0 Å². The SMILES string of the molecule is CC(=O)NC1CN(CCC(CN(C)C(=O)C2CCCCC2)C2CCC(Cl)C(Cl)C2)CCC1C1CCCCC1. The van der Waals surface area contributed by atoms with E-state index in [0.29, 0.717) is 23.7 Å². The molecule has 1 N–H and O–H groups in total. The van der Waals surface area contributed by atoms with Gasteiger partial charge in [0.25, 0.3) is 0 Å². The van der Waals surface area contributed by atoms with Gasteiger partial charge in [-0.2, -0.15) is 0 Å². The topological polar surface area (TPSA) is 52.7 Å². The molecule has 6 unspecified atom stereocenters. The summed E-state index contributed by atoms with van der Waals surface area (Å²) in [6.07, 6.45) is 17.7. The van der Waals surface area contributed by atoms with Crippen molar-refractivity contribution in [2.75, 3.05) is 33.2 Å². The van der Waals surface area contributed by atoms with Gasteiger partial charge < -0.3 is 15.1 Å². The van der Waals surface area contributed by atoms with Gasteiger partial charge in [-0.3, -0.25) is 9.59 Å². The summed E-state index contributed by atoms with van der Waals surface area (Å²) in [4.78, 5) is 30.0. The van der Waals surface area contributed by atoms with Crippen molar-refractivity contribution in [2.24, 2.45) is 29.6 Å². The van der Waals surface area contributed by atoms with Crippen LogP contribution in [0.15, 0.2) is 0 Å². The molecule has 1 aliphatic heterocycles. The van der Waals surface area contributed by atoms with Crippen LogP contribution < -0.4 is 5.32 Å². The van der Waals surface area contributed by atoms with Crippen molar-refractivity contribution in [1.82, 2.24) is 15.1 Å². The number of halogens is 2. The number of nitrogens with zero attached hydrogens (tertiary/aromatic N) is 2. The lowest BCUT2D eigenvalue weighted by atomic mass is 9.73. The zero-order valence-corrected chi connectivity index (χ0v) is 25.5. The van der Waals surface area contributed by atoms with Crippen LogP contribution in [0.5, 0.6) is 0 Å². The summed E-state index contributed by atoms with van der Waals surface area (Å²) in [6, 6.07) is 0.261. The zero-order valence-electron chi connectivity index (χ0n) is 24.0. The predicted molar refractivity (Wildman–Crippen MR) is 158 cm³/mol. The van der Waals surface area contributed by atoms with E-state index in [-0.39, 0.29) is 28.6 Å². The molecule has 6 atom stereocenters. The molecule has 4 aliphatic rings. The van der Waals surface area contributed by atoms with E-state index in [0.717, 1.165) is 70.6 Å². The third-order valence-corrected chi connectivity index (χ3v) is 11.6. The fourth-order valence-corrected chi connectivity index (χ4v) is 8.83. The van der Waals surface area contributed by atoms with Gasteiger partial charge in [0, 0.05) is 44.4 Å². The van der Waals surface area contributed by atoms with Gasteiger partial charge >= 0.3 is 0 Å². The Morgan fingerprint density at radius 2 is 1.61 bits per heavy atom. The minimum Gasteiger partial charge on any atom is -0.352 e. The number of likely N-dealkylation sites (tertiary alicyclic amines) is 1. The number of hydrogen-bond acceptors (Lipinski definition) is 3. The Balaban J connectivity index is 1.37. The Hall–Kier alpha value is -0.520. The van der Waals surface area contributed by atoms with Crippen LogP contribution in [0, 0.1) is 29.6 Å². The number of amides is 2. The van der Waals surface area contributed by atoms with Gasteiger partial charge in [0.05, 0.1) is 5.38 Å². The summed E-state index contributed by atoms with van der Waals surface area (Å²) < 4.78 is 0. The largest absolute Gasteiger partial charge is 0.352 e. The van der Waals surface area contributed by atoms with E-state index in [9.17, 15) is 9.59 Å². The smallest absolute Gasteiger partial charge is 0.225 e. The lowest BCUT2D eigenvalue weighted by molar-refractivity contribution is -0.136. The molecule has 0 bridgehead atoms. The molecule has 0 radical (unpaired) electrons. The van der Waals surface area contributed by atoms with Gasteiger partial charge in [-0.1, -0.05) is 51.4 Å². The van der Waals surface area contributed by atoms with Crippen LogP contribution in [0.2, 0.25) is 0 Å². The molecular weight excluding hydrogens is 517 g/mol. The van der Waals surface area contributed by atoms with Crippen LogP contribution in [-0.4, -0.2) is 71.6 Å². The number of carbonyl (C=O) groups excluding carboxylic acids is 2. The summed E-state index contributed by atoms with van der Waals surface area (Å²) in [5, 5.41) is 3.42. The summed E-state index contributed by atoms with van der Waals surface area (Å²) in [5.41, 5.74) is 0. The average molecular weight is 571 g/mol. The maximum atomic E-state index is 13.3. The first-order valence-electron chi connectivity index (χ1n) is 15.8. The van der Waals surface area contributed by atoms with Crippen LogP contribution in [0.25, 0.3) is 0 Å². The molecule has 2 amide bonds. The molecule has 3 aliphatic carbocycles. The Labute approximate surface area is 242 Å². The highest BCUT2D eigenvalue weighted by Crippen LogP contribution is 2.39. The van der Waals surface area contributed by atoms with Crippen LogP contribution in [-0.2, 0) is 9.59 Å². The van der Waals surface area contributed by atoms with E-state index in [1.807, 2.05) is 11.9 Å². The van der Waals surface area contributed by atoms with Gasteiger partial charge in [0.2, 0.25) is 11.8 Å². The van der Waals surface area contributed by atoms with Gasteiger partial charge in [-0.25, -0.2) is 0 Å². The van der Waals surface area contributed by atoms with Crippen molar-refractivity contribution in [2.45, 2.75) is 120 Å². The van der Waals surface area contributed by atoms with Crippen LogP contribution >= 0.6 is 23.2 Å². The monoisotopic (exact) mass is 569 g/mol. The summed E-state index contributed by atoms with van der Waals surface area (Å²) in [5.74, 6) is 2.99. The normalized spacial score (nSPS) is 33.0. The maximum Gasteiger partial charge on any atom is 0.225 e. The third kappa shape index (κ3) is 8.49. The van der Waals surface area contributed by atoms with Crippen LogP contribution in [0.4, 0.5) is 0 Å². The number of alkyl halides is 2. The number of piperidine rings is 1. The van der Waals surface area contributed by atoms with Crippen molar-refractivity contribution >= 4 is 35.0 Å². The molecule has 3 saturated carbocycles. The lowest BCUT2D eigenvalue weighted by Gasteiger charge is -2.44. The molecule has 0 spiro atoms. The molecule has 0 aromatic rings. The van der Waals surface area contributed by atoms with Gasteiger partial charge in [0.15, 0.2) is 0 Å². The molecule has 0 aromatic carbocycles. The predicted octanol–water partition coefficient (Wildman–Crippen LogP) is 6.45. The van der Waals surface area contributed by atoms with Gasteiger partial charge in [-0.15, -0.1) is 23.2 Å². The molecule has 38 heavy (non-hydrogen) atoms. The average Bonchev–Trinajstić information content (AvgIpc) is 2.92. The fraction of sp³-hybridized carbons (Fsp3) is 0.935. The minimum atomic E-state index is 0.0210. The molecule has 0 aromatic heterocycles. The maximum absolute atomic E-state index is 13.3. The van der Waals surface area contributed by atoms with Crippen molar-refractivity contribution in [3.05, 3.63) is 0 Å². The molecule has 5 nitrogen and oxygen atoms in total. The zero-order chi connectivity index (χ0) is 27.1. The summed E-state index contributed by atoms with van der Waals surface area (Å²) in [7, 11) is 2.03. The third-order valence-electron chi connectivity index (χ3n) is 10.4. The second-order valence-corrected chi connectivity index (χ2v) is 14.3. The number of nitrogens with one attached hydrogen (secondary N) is 1. The van der Waals surface area contributed by atoms with Gasteiger partial charge in [-0.05, 0) is 81.7 Å². The molecule has 7 heteroatoms. The highest BCUT2D eigenvalue weighted by Gasteiger charge is 2.37. The Morgan fingerprint density at radius 1 is 0.921 bits per heavy atom. The van der Waals surface area contributed by atoms with E-state index in [4.69, 9.17) is 23.2 Å². The standard InChI is InChI=1S/C31H53Cl2N3O2/c1-22(37)34-30-21-36(18-16-27(30)23-9-5-3-6-10-23)17-15-26(25-13-14-28(32)29(33)19-25)20-35(2)31(38)24-11-7-4-8-12-24/h23-30H,3-21H2,1-2H3,(H,34,37). The minimum absolute atomic E-state index is 0.0210. The highest BCUT2D eigenvalue weighted by atomic mass is 35.5. The quantitative estimate of drug-likeness (QED) is 0.324. The van der Waals surface area contributed by atoms with Crippen LogP contribution in [0.3, 0.4) is 0 Å².